The smallest absolute Gasteiger partial charge is 0.282 e. The Kier molecular flexibility index (Phi) is 5.69. The molecule has 9 heteroatoms. The van der Waals surface area contributed by atoms with E-state index in [9.17, 15) is 22.4 Å². The van der Waals surface area contributed by atoms with E-state index in [1.807, 2.05) is 0 Å². The van der Waals surface area contributed by atoms with Crippen molar-refractivity contribution in [1.29, 1.82) is 0 Å². The van der Waals surface area contributed by atoms with E-state index in [1.54, 1.807) is 0 Å². The molecule has 28 heavy (non-hydrogen) atoms. The highest BCUT2D eigenvalue weighted by Gasteiger charge is 2.20. The maximum atomic E-state index is 13.7. The molecule has 1 aromatic heterocycles. The van der Waals surface area contributed by atoms with Crippen LogP contribution >= 0.6 is 11.6 Å². The molecular formula is C19H14ClF4N3O. The fourth-order valence-corrected chi connectivity index (χ4v) is 2.95. The molecule has 0 saturated heterocycles. The molecule has 1 heterocycles. The van der Waals surface area contributed by atoms with E-state index < -0.39 is 29.7 Å². The maximum absolute atomic E-state index is 13.7. The Morgan fingerprint density at radius 2 is 1.96 bits per heavy atom. The summed E-state index contributed by atoms with van der Waals surface area (Å²) in [7, 11) is 1.48. The van der Waals surface area contributed by atoms with Gasteiger partial charge in [0.25, 0.3) is 6.43 Å². The van der Waals surface area contributed by atoms with Gasteiger partial charge in [-0.15, -0.1) is 0 Å². The molecule has 0 aliphatic rings. The van der Waals surface area contributed by atoms with Crippen LogP contribution in [0.15, 0.2) is 42.6 Å². The first-order chi connectivity index (χ1) is 13.2. The molecule has 0 bridgehead atoms. The molecule has 0 atom stereocenters. The first kappa shape index (κ1) is 19.9. The quantitative estimate of drug-likeness (QED) is 0.591. The zero-order valence-electron chi connectivity index (χ0n) is 14.5. The average molecular weight is 412 g/mol. The number of hydrogen-bond acceptors (Lipinski definition) is 2. The number of nitrogens with zero attached hydrogens (tertiary/aromatic N) is 2. The lowest BCUT2D eigenvalue weighted by Gasteiger charge is -2.12. The lowest BCUT2D eigenvalue weighted by Crippen LogP contribution is -2.15. The summed E-state index contributed by atoms with van der Waals surface area (Å²) < 4.78 is 54.4. The van der Waals surface area contributed by atoms with Crippen molar-refractivity contribution in [2.75, 3.05) is 5.32 Å². The van der Waals surface area contributed by atoms with Gasteiger partial charge < -0.3 is 5.32 Å². The van der Waals surface area contributed by atoms with Gasteiger partial charge >= 0.3 is 0 Å². The van der Waals surface area contributed by atoms with Gasteiger partial charge in [0.05, 0.1) is 11.4 Å². The molecule has 0 saturated carbocycles. The van der Waals surface area contributed by atoms with Crippen molar-refractivity contribution < 1.29 is 22.4 Å². The highest BCUT2D eigenvalue weighted by atomic mass is 35.5. The van der Waals surface area contributed by atoms with Gasteiger partial charge in [-0.25, -0.2) is 17.6 Å². The number of hydrogen-bond donors (Lipinski definition) is 1. The molecule has 4 nitrogen and oxygen atoms in total. The van der Waals surface area contributed by atoms with Gasteiger partial charge in [-0.05, 0) is 35.9 Å². The fourth-order valence-electron chi connectivity index (χ4n) is 2.77. The van der Waals surface area contributed by atoms with Crippen LogP contribution in [0.25, 0.3) is 11.1 Å². The predicted octanol–water partition coefficient (Wildman–Crippen LogP) is 5.14. The molecule has 1 N–H and O–H groups in total. The Morgan fingerprint density at radius 1 is 1.21 bits per heavy atom. The molecule has 2 aromatic carbocycles. The monoisotopic (exact) mass is 411 g/mol. The number of rotatable bonds is 5. The van der Waals surface area contributed by atoms with E-state index in [0.29, 0.717) is 5.56 Å². The number of carbonyl (C=O) groups excluding carboxylic acids is 1. The van der Waals surface area contributed by atoms with Crippen LogP contribution in [0.2, 0.25) is 5.02 Å². The van der Waals surface area contributed by atoms with Crippen LogP contribution in [0, 0.1) is 11.6 Å². The van der Waals surface area contributed by atoms with Crippen LogP contribution < -0.4 is 5.32 Å². The Morgan fingerprint density at radius 3 is 2.64 bits per heavy atom. The molecule has 3 aromatic rings. The Hall–Kier alpha value is -2.87. The molecular weight excluding hydrogens is 398 g/mol. The second-order valence-corrected chi connectivity index (χ2v) is 6.46. The van der Waals surface area contributed by atoms with Crippen LogP contribution in [0.1, 0.15) is 17.7 Å². The zero-order valence-corrected chi connectivity index (χ0v) is 15.3. The predicted molar refractivity (Wildman–Crippen MR) is 97.3 cm³/mol. The van der Waals surface area contributed by atoms with Gasteiger partial charge in [0.15, 0.2) is 0 Å². The summed E-state index contributed by atoms with van der Waals surface area (Å²) in [5, 5.41) is 6.07. The molecule has 0 spiro atoms. The molecule has 0 unspecified atom stereocenters. The third kappa shape index (κ3) is 4.33. The fraction of sp³-hybridized carbons (Fsp3) is 0.158. The lowest BCUT2D eigenvalue weighted by atomic mass is 10.0. The van der Waals surface area contributed by atoms with Crippen LogP contribution in [-0.2, 0) is 18.3 Å². The van der Waals surface area contributed by atoms with Crippen molar-refractivity contribution in [3.63, 3.8) is 0 Å². The van der Waals surface area contributed by atoms with Gasteiger partial charge in [-0.2, -0.15) is 5.10 Å². The normalized spacial score (nSPS) is 11.1. The first-order valence-corrected chi connectivity index (χ1v) is 8.48. The number of anilines is 1. The van der Waals surface area contributed by atoms with Gasteiger partial charge in [0, 0.05) is 30.1 Å². The van der Waals surface area contributed by atoms with Gasteiger partial charge in [-0.1, -0.05) is 17.7 Å². The minimum Gasteiger partial charge on any atom is -0.325 e. The number of alkyl halides is 2. The van der Waals surface area contributed by atoms with Crippen LogP contribution in [0.3, 0.4) is 0 Å². The average Bonchev–Trinajstić information content (AvgIpc) is 2.99. The van der Waals surface area contributed by atoms with E-state index in [1.165, 1.54) is 36.1 Å². The molecule has 0 radical (unpaired) electrons. The van der Waals surface area contributed by atoms with Crippen molar-refractivity contribution in [1.82, 2.24) is 9.78 Å². The van der Waals surface area contributed by atoms with E-state index in [2.05, 4.69) is 10.4 Å². The van der Waals surface area contributed by atoms with Crippen molar-refractivity contribution in [3.05, 3.63) is 70.5 Å². The van der Waals surface area contributed by atoms with E-state index in [-0.39, 0.29) is 28.3 Å². The van der Waals surface area contributed by atoms with Crippen molar-refractivity contribution in [2.45, 2.75) is 12.8 Å². The number of aromatic nitrogens is 2. The third-order valence-electron chi connectivity index (χ3n) is 3.98. The lowest BCUT2D eigenvalue weighted by molar-refractivity contribution is -0.115. The number of halogens is 5. The molecule has 146 valence electrons. The standard InChI is InChI=1S/C19H14ClF4N3O/c1-27-9-11(18(26-27)19(23)24)7-17(28)25-16-5-3-12(21)8-13(16)10-2-4-15(22)14(20)6-10/h2-6,8-9,19H,7H2,1H3,(H,25,28). The summed E-state index contributed by atoms with van der Waals surface area (Å²) >= 11 is 5.78. The maximum Gasteiger partial charge on any atom is 0.282 e. The summed E-state index contributed by atoms with van der Waals surface area (Å²) in [6.45, 7) is 0. The van der Waals surface area contributed by atoms with Crippen LogP contribution in [-0.4, -0.2) is 15.7 Å². The number of nitrogens with one attached hydrogen (secondary N) is 1. The largest absolute Gasteiger partial charge is 0.325 e. The number of amides is 1. The number of carbonyl (C=O) groups is 1. The summed E-state index contributed by atoms with van der Waals surface area (Å²) in [5.41, 5.74) is 0.508. The Bertz CT molecular complexity index is 1040. The molecule has 3 rings (SSSR count). The third-order valence-corrected chi connectivity index (χ3v) is 4.27. The van der Waals surface area contributed by atoms with Crippen molar-refractivity contribution in [2.24, 2.45) is 7.05 Å². The zero-order chi connectivity index (χ0) is 20.4. The van der Waals surface area contributed by atoms with Crippen LogP contribution in [0.5, 0.6) is 0 Å². The Labute approximate surface area is 162 Å². The van der Waals surface area contributed by atoms with E-state index in [0.717, 1.165) is 18.2 Å². The highest BCUT2D eigenvalue weighted by molar-refractivity contribution is 6.31. The highest BCUT2D eigenvalue weighted by Crippen LogP contribution is 2.32. The minimum atomic E-state index is -2.81. The topological polar surface area (TPSA) is 46.9 Å². The second kappa shape index (κ2) is 8.02. The van der Waals surface area contributed by atoms with Gasteiger partial charge in [-0.3, -0.25) is 9.48 Å². The van der Waals surface area contributed by atoms with Crippen LogP contribution in [0.4, 0.5) is 23.2 Å². The summed E-state index contributed by atoms with van der Waals surface area (Å²) in [4.78, 5) is 12.4. The summed E-state index contributed by atoms with van der Waals surface area (Å²) in [5.74, 6) is -1.79. The first-order valence-electron chi connectivity index (χ1n) is 8.10. The number of aryl methyl sites for hydroxylation is 1. The summed E-state index contributed by atoms with van der Waals surface area (Å²) in [6, 6.07) is 7.45. The van der Waals surface area contributed by atoms with Gasteiger partial charge in [0.2, 0.25) is 5.91 Å². The van der Waals surface area contributed by atoms with E-state index >= 15 is 0 Å². The van der Waals surface area contributed by atoms with Gasteiger partial charge in [0.1, 0.15) is 17.3 Å². The molecule has 0 aliphatic heterocycles. The van der Waals surface area contributed by atoms with Crippen molar-refractivity contribution >= 4 is 23.2 Å². The molecule has 0 aliphatic carbocycles. The Balaban J connectivity index is 1.88. The minimum absolute atomic E-state index is 0.0866. The summed E-state index contributed by atoms with van der Waals surface area (Å²) in [6.07, 6.45) is -1.81. The molecule has 0 fully saturated rings. The van der Waals surface area contributed by atoms with Crippen molar-refractivity contribution in [3.8, 4) is 11.1 Å². The molecule has 1 amide bonds. The second-order valence-electron chi connectivity index (χ2n) is 6.06. The van der Waals surface area contributed by atoms with E-state index in [4.69, 9.17) is 11.6 Å². The SMILES string of the molecule is Cn1cc(CC(=O)Nc2ccc(F)cc2-c2ccc(F)c(Cl)c2)c(C(F)F)n1. The number of benzene rings is 2.